The predicted octanol–water partition coefficient (Wildman–Crippen LogP) is 2.47. The highest BCUT2D eigenvalue weighted by Crippen LogP contribution is 2.28. The third-order valence-electron chi connectivity index (χ3n) is 2.29. The van der Waals surface area contributed by atoms with Crippen molar-refractivity contribution in [1.82, 2.24) is 15.5 Å². The van der Waals surface area contributed by atoms with Gasteiger partial charge in [0.15, 0.2) is 5.01 Å². The van der Waals surface area contributed by atoms with Gasteiger partial charge in [0, 0.05) is 13.0 Å². The van der Waals surface area contributed by atoms with Gasteiger partial charge in [0.05, 0.1) is 11.8 Å². The van der Waals surface area contributed by atoms with Crippen molar-refractivity contribution in [1.29, 1.82) is 0 Å². The fourth-order valence-corrected chi connectivity index (χ4v) is 2.32. The van der Waals surface area contributed by atoms with Crippen LogP contribution in [-0.4, -0.2) is 16.7 Å². The van der Waals surface area contributed by atoms with Crippen LogP contribution in [0.2, 0.25) is 0 Å². The number of rotatable bonds is 5. The second kappa shape index (κ2) is 5.23. The molecule has 0 aliphatic heterocycles. The van der Waals surface area contributed by atoms with Gasteiger partial charge in [-0.3, -0.25) is 0 Å². The number of aryl methyl sites for hydroxylation is 1. The van der Waals surface area contributed by atoms with Crippen molar-refractivity contribution >= 4 is 11.3 Å². The van der Waals surface area contributed by atoms with E-state index in [9.17, 15) is 0 Å². The topological polar surface area (TPSA) is 51.0 Å². The van der Waals surface area contributed by atoms with Crippen LogP contribution >= 0.6 is 11.3 Å². The molecule has 0 aliphatic rings. The van der Waals surface area contributed by atoms with Crippen molar-refractivity contribution in [3.05, 3.63) is 23.1 Å². The molecule has 0 radical (unpaired) electrons. The van der Waals surface area contributed by atoms with E-state index < -0.39 is 0 Å². The van der Waals surface area contributed by atoms with Gasteiger partial charge in [-0.25, -0.2) is 0 Å². The smallest absolute Gasteiger partial charge is 0.151 e. The van der Waals surface area contributed by atoms with Crippen LogP contribution in [0.25, 0.3) is 10.6 Å². The molecule has 0 aliphatic carbocycles. The summed E-state index contributed by atoms with van der Waals surface area (Å²) < 4.78 is 5.38. The molecule has 0 aromatic carbocycles. The molecule has 2 aromatic heterocycles. The van der Waals surface area contributed by atoms with Crippen LogP contribution in [-0.2, 0) is 13.0 Å². The first-order valence-corrected chi connectivity index (χ1v) is 6.26. The predicted molar refractivity (Wildman–Crippen MR) is 64.4 cm³/mol. The molecule has 4 nitrogen and oxygen atoms in total. The number of hydrogen-bond acceptors (Lipinski definition) is 5. The van der Waals surface area contributed by atoms with Gasteiger partial charge in [-0.2, -0.15) is 0 Å². The summed E-state index contributed by atoms with van der Waals surface area (Å²) in [6.07, 6.45) is 2.59. The summed E-state index contributed by atoms with van der Waals surface area (Å²) in [6.45, 7) is 5.88. The maximum atomic E-state index is 5.38. The maximum absolute atomic E-state index is 5.38. The molecule has 0 unspecified atom stereocenters. The molecule has 0 saturated carbocycles. The van der Waals surface area contributed by atoms with E-state index in [-0.39, 0.29) is 0 Å². The average Bonchev–Trinajstić information content (AvgIpc) is 2.94. The van der Waals surface area contributed by atoms with Gasteiger partial charge in [0.2, 0.25) is 0 Å². The first-order chi connectivity index (χ1) is 7.85. The molecule has 2 rings (SSSR count). The first kappa shape index (κ1) is 11.3. The SMILES string of the molecule is CCNCc1nnc(-c2ccoc2CC)s1. The summed E-state index contributed by atoms with van der Waals surface area (Å²) in [5, 5.41) is 13.5. The Morgan fingerprint density at radius 2 is 2.25 bits per heavy atom. The van der Waals surface area contributed by atoms with Gasteiger partial charge in [-0.1, -0.05) is 25.2 Å². The van der Waals surface area contributed by atoms with Crippen molar-refractivity contribution in [3.8, 4) is 10.6 Å². The summed E-state index contributed by atoms with van der Waals surface area (Å²) in [4.78, 5) is 0. The van der Waals surface area contributed by atoms with Crippen LogP contribution in [0.4, 0.5) is 0 Å². The van der Waals surface area contributed by atoms with Crippen molar-refractivity contribution in [3.63, 3.8) is 0 Å². The highest BCUT2D eigenvalue weighted by atomic mass is 32.1. The average molecular weight is 237 g/mol. The Balaban J connectivity index is 2.18. The Kier molecular flexibility index (Phi) is 3.69. The molecule has 0 fully saturated rings. The van der Waals surface area contributed by atoms with Crippen molar-refractivity contribution in [2.75, 3.05) is 6.54 Å². The minimum Gasteiger partial charge on any atom is -0.469 e. The minimum atomic E-state index is 0.785. The van der Waals surface area contributed by atoms with E-state index in [1.54, 1.807) is 17.6 Å². The Bertz CT molecular complexity index is 450. The van der Waals surface area contributed by atoms with E-state index in [4.69, 9.17) is 4.42 Å². The molecular weight excluding hydrogens is 222 g/mol. The number of nitrogens with zero attached hydrogens (tertiary/aromatic N) is 2. The van der Waals surface area contributed by atoms with Crippen molar-refractivity contribution < 1.29 is 4.42 Å². The van der Waals surface area contributed by atoms with Crippen LogP contribution < -0.4 is 5.32 Å². The monoisotopic (exact) mass is 237 g/mol. The van der Waals surface area contributed by atoms with Crippen LogP contribution in [0.5, 0.6) is 0 Å². The summed E-state index contributed by atoms with van der Waals surface area (Å²) in [5.41, 5.74) is 1.07. The highest BCUT2D eigenvalue weighted by molar-refractivity contribution is 7.14. The van der Waals surface area contributed by atoms with Crippen LogP contribution in [0, 0.1) is 0 Å². The quantitative estimate of drug-likeness (QED) is 0.868. The Morgan fingerprint density at radius 3 is 3.00 bits per heavy atom. The molecule has 0 spiro atoms. The fourth-order valence-electron chi connectivity index (χ4n) is 1.47. The van der Waals surface area contributed by atoms with Gasteiger partial charge < -0.3 is 9.73 Å². The molecule has 2 heterocycles. The van der Waals surface area contributed by atoms with Crippen LogP contribution in [0.1, 0.15) is 24.6 Å². The number of nitrogens with one attached hydrogen (secondary N) is 1. The number of hydrogen-bond donors (Lipinski definition) is 1. The minimum absolute atomic E-state index is 0.785. The molecule has 0 amide bonds. The van der Waals surface area contributed by atoms with E-state index in [0.717, 1.165) is 40.8 Å². The lowest BCUT2D eigenvalue weighted by molar-refractivity contribution is 0.517. The molecule has 1 N–H and O–H groups in total. The Labute approximate surface area is 98.7 Å². The van der Waals surface area contributed by atoms with Crippen LogP contribution in [0.15, 0.2) is 16.7 Å². The molecular formula is C11H15N3OS. The first-order valence-electron chi connectivity index (χ1n) is 5.45. The Morgan fingerprint density at radius 1 is 1.38 bits per heavy atom. The third-order valence-corrected chi connectivity index (χ3v) is 3.25. The normalized spacial score (nSPS) is 10.9. The lowest BCUT2D eigenvalue weighted by Crippen LogP contribution is -2.11. The fraction of sp³-hybridized carbons (Fsp3) is 0.455. The van der Waals surface area contributed by atoms with E-state index in [1.807, 2.05) is 6.07 Å². The van der Waals surface area contributed by atoms with Crippen molar-refractivity contribution in [2.24, 2.45) is 0 Å². The molecule has 16 heavy (non-hydrogen) atoms. The third kappa shape index (κ3) is 2.31. The molecule has 5 heteroatoms. The number of furan rings is 1. The number of aromatic nitrogens is 2. The molecule has 86 valence electrons. The van der Waals surface area contributed by atoms with E-state index in [2.05, 4.69) is 29.4 Å². The van der Waals surface area contributed by atoms with Gasteiger partial charge in [0.1, 0.15) is 10.8 Å². The lowest BCUT2D eigenvalue weighted by atomic mass is 10.2. The lowest BCUT2D eigenvalue weighted by Gasteiger charge is -1.94. The van der Waals surface area contributed by atoms with Gasteiger partial charge in [-0.15, -0.1) is 10.2 Å². The maximum Gasteiger partial charge on any atom is 0.151 e. The van der Waals surface area contributed by atoms with E-state index >= 15 is 0 Å². The molecule has 0 atom stereocenters. The second-order valence-corrected chi connectivity index (χ2v) is 4.45. The zero-order valence-corrected chi connectivity index (χ0v) is 10.3. The van der Waals surface area contributed by atoms with Crippen LogP contribution in [0.3, 0.4) is 0 Å². The largest absolute Gasteiger partial charge is 0.469 e. The summed E-state index contributed by atoms with van der Waals surface area (Å²) in [6, 6.07) is 1.95. The summed E-state index contributed by atoms with van der Waals surface area (Å²) >= 11 is 1.62. The Hall–Kier alpha value is -1.20. The van der Waals surface area contributed by atoms with Gasteiger partial charge in [0.25, 0.3) is 0 Å². The highest BCUT2D eigenvalue weighted by Gasteiger charge is 2.12. The van der Waals surface area contributed by atoms with E-state index in [0.29, 0.717) is 0 Å². The molecule has 0 saturated heterocycles. The summed E-state index contributed by atoms with van der Waals surface area (Å²) in [7, 11) is 0. The molecule has 0 bridgehead atoms. The van der Waals surface area contributed by atoms with Gasteiger partial charge in [-0.05, 0) is 12.6 Å². The standard InChI is InChI=1S/C11H15N3OS/c1-3-9-8(5-6-15-9)11-14-13-10(16-11)7-12-4-2/h5-6,12H,3-4,7H2,1-2H3. The van der Waals surface area contributed by atoms with E-state index in [1.165, 1.54) is 0 Å². The zero-order valence-electron chi connectivity index (χ0n) is 9.49. The van der Waals surface area contributed by atoms with Crippen molar-refractivity contribution in [2.45, 2.75) is 26.8 Å². The second-order valence-electron chi connectivity index (χ2n) is 3.39. The van der Waals surface area contributed by atoms with Gasteiger partial charge >= 0.3 is 0 Å². The zero-order chi connectivity index (χ0) is 11.4. The molecule has 2 aromatic rings. The summed E-state index contributed by atoms with van der Waals surface area (Å²) in [5.74, 6) is 0.978.